The summed E-state index contributed by atoms with van der Waals surface area (Å²) in [5.74, 6) is 0.654. The van der Waals surface area contributed by atoms with Gasteiger partial charge in [0.15, 0.2) is 5.76 Å². The maximum Gasteiger partial charge on any atom is 0.291 e. The Kier molecular flexibility index (Phi) is 4.90. The maximum absolute atomic E-state index is 12.7. The van der Waals surface area contributed by atoms with E-state index < -0.39 is 0 Å². The second kappa shape index (κ2) is 7.64. The molecule has 1 N–H and O–H groups in total. The van der Waals surface area contributed by atoms with Crippen LogP contribution in [0.25, 0.3) is 22.5 Å². The number of anilines is 1. The van der Waals surface area contributed by atoms with Crippen LogP contribution in [0.2, 0.25) is 0 Å². The van der Waals surface area contributed by atoms with Gasteiger partial charge in [-0.2, -0.15) is 0 Å². The third-order valence-electron chi connectivity index (χ3n) is 4.22. The number of halogens is 1. The monoisotopic (exact) mass is 417 g/mol. The SMILES string of the molecule is O=C(Nc1ccccc1-c1ccccc1)c1ccc(-c2ccc(Br)cc2)o1. The molecule has 4 heteroatoms. The zero-order chi connectivity index (χ0) is 18.6. The van der Waals surface area contributed by atoms with Crippen molar-refractivity contribution < 1.29 is 9.21 Å². The van der Waals surface area contributed by atoms with E-state index >= 15 is 0 Å². The quantitative estimate of drug-likeness (QED) is 0.404. The van der Waals surface area contributed by atoms with Crippen LogP contribution in [0.3, 0.4) is 0 Å². The first-order valence-electron chi connectivity index (χ1n) is 8.52. The summed E-state index contributed by atoms with van der Waals surface area (Å²) in [5.41, 5.74) is 3.67. The largest absolute Gasteiger partial charge is 0.451 e. The van der Waals surface area contributed by atoms with Gasteiger partial charge in [-0.05, 0) is 35.9 Å². The van der Waals surface area contributed by atoms with Gasteiger partial charge in [0.2, 0.25) is 0 Å². The minimum Gasteiger partial charge on any atom is -0.451 e. The van der Waals surface area contributed by atoms with E-state index in [4.69, 9.17) is 4.42 Å². The summed E-state index contributed by atoms with van der Waals surface area (Å²) in [6.45, 7) is 0. The van der Waals surface area contributed by atoms with Crippen LogP contribution in [0.5, 0.6) is 0 Å². The van der Waals surface area contributed by atoms with E-state index in [2.05, 4.69) is 21.2 Å². The van der Waals surface area contributed by atoms with Gasteiger partial charge in [-0.25, -0.2) is 0 Å². The number of furan rings is 1. The van der Waals surface area contributed by atoms with Crippen molar-refractivity contribution >= 4 is 27.5 Å². The van der Waals surface area contributed by atoms with Gasteiger partial charge in [0.1, 0.15) is 5.76 Å². The van der Waals surface area contributed by atoms with Gasteiger partial charge in [-0.1, -0.05) is 76.6 Å². The van der Waals surface area contributed by atoms with Gasteiger partial charge < -0.3 is 9.73 Å². The van der Waals surface area contributed by atoms with Gasteiger partial charge in [0.05, 0.1) is 0 Å². The Morgan fingerprint density at radius 3 is 2.22 bits per heavy atom. The van der Waals surface area contributed by atoms with Crippen LogP contribution in [-0.2, 0) is 0 Å². The van der Waals surface area contributed by atoms with Crippen molar-refractivity contribution in [3.8, 4) is 22.5 Å². The molecular formula is C23H16BrNO2. The highest BCUT2D eigenvalue weighted by Crippen LogP contribution is 2.29. The number of hydrogen-bond donors (Lipinski definition) is 1. The second-order valence-corrected chi connectivity index (χ2v) is 6.95. The van der Waals surface area contributed by atoms with Crippen molar-refractivity contribution in [1.29, 1.82) is 0 Å². The average Bonchev–Trinajstić information content (AvgIpc) is 3.20. The molecule has 1 heterocycles. The molecule has 0 unspecified atom stereocenters. The Morgan fingerprint density at radius 2 is 1.44 bits per heavy atom. The number of rotatable bonds is 4. The number of nitrogens with one attached hydrogen (secondary N) is 1. The van der Waals surface area contributed by atoms with Gasteiger partial charge in [-0.15, -0.1) is 0 Å². The van der Waals surface area contributed by atoms with E-state index in [1.807, 2.05) is 78.9 Å². The van der Waals surface area contributed by atoms with Crippen LogP contribution in [0.1, 0.15) is 10.6 Å². The lowest BCUT2D eigenvalue weighted by molar-refractivity contribution is 0.0997. The van der Waals surface area contributed by atoms with Crippen LogP contribution in [0.15, 0.2) is 99.9 Å². The number of benzene rings is 3. The molecule has 132 valence electrons. The first kappa shape index (κ1) is 17.3. The Balaban J connectivity index is 1.58. The van der Waals surface area contributed by atoms with Crippen LogP contribution in [0.4, 0.5) is 5.69 Å². The van der Waals surface area contributed by atoms with E-state index in [9.17, 15) is 4.79 Å². The predicted molar refractivity (Wildman–Crippen MR) is 112 cm³/mol. The lowest BCUT2D eigenvalue weighted by atomic mass is 10.0. The number of para-hydroxylation sites is 1. The Bertz CT molecular complexity index is 1070. The minimum absolute atomic E-state index is 0.274. The fourth-order valence-corrected chi connectivity index (χ4v) is 3.14. The van der Waals surface area contributed by atoms with E-state index in [0.29, 0.717) is 5.76 Å². The molecule has 1 aromatic heterocycles. The van der Waals surface area contributed by atoms with Crippen LogP contribution in [-0.4, -0.2) is 5.91 Å². The molecule has 0 saturated carbocycles. The van der Waals surface area contributed by atoms with E-state index in [-0.39, 0.29) is 11.7 Å². The normalized spacial score (nSPS) is 10.6. The molecule has 4 rings (SSSR count). The number of hydrogen-bond acceptors (Lipinski definition) is 2. The molecule has 0 atom stereocenters. The molecule has 0 aliphatic rings. The molecule has 0 aliphatic carbocycles. The number of amides is 1. The lowest BCUT2D eigenvalue weighted by Gasteiger charge is -2.10. The summed E-state index contributed by atoms with van der Waals surface area (Å²) in [6.07, 6.45) is 0. The summed E-state index contributed by atoms with van der Waals surface area (Å²) in [4.78, 5) is 12.7. The minimum atomic E-state index is -0.276. The molecule has 27 heavy (non-hydrogen) atoms. The first-order valence-corrected chi connectivity index (χ1v) is 9.31. The fourth-order valence-electron chi connectivity index (χ4n) is 2.87. The van der Waals surface area contributed by atoms with Crippen molar-refractivity contribution in [2.75, 3.05) is 5.32 Å². The Morgan fingerprint density at radius 1 is 0.741 bits per heavy atom. The summed E-state index contributed by atoms with van der Waals surface area (Å²) in [7, 11) is 0. The zero-order valence-corrected chi connectivity index (χ0v) is 15.9. The predicted octanol–water partition coefficient (Wildman–Crippen LogP) is 6.63. The van der Waals surface area contributed by atoms with Crippen molar-refractivity contribution in [2.45, 2.75) is 0 Å². The molecule has 0 saturated heterocycles. The van der Waals surface area contributed by atoms with Crippen LogP contribution in [0, 0.1) is 0 Å². The second-order valence-electron chi connectivity index (χ2n) is 6.04. The van der Waals surface area contributed by atoms with Gasteiger partial charge in [-0.3, -0.25) is 4.79 Å². The van der Waals surface area contributed by atoms with Crippen LogP contribution < -0.4 is 5.32 Å². The molecule has 3 aromatic carbocycles. The summed E-state index contributed by atoms with van der Waals surface area (Å²) >= 11 is 3.41. The molecule has 0 bridgehead atoms. The molecule has 4 aromatic rings. The van der Waals surface area contributed by atoms with Crippen LogP contribution >= 0.6 is 15.9 Å². The molecule has 0 fully saturated rings. The third kappa shape index (κ3) is 3.86. The molecule has 0 spiro atoms. The molecule has 3 nitrogen and oxygen atoms in total. The number of carbonyl (C=O) groups is 1. The van der Waals surface area contributed by atoms with Crippen molar-refractivity contribution in [3.63, 3.8) is 0 Å². The molecule has 0 aliphatic heterocycles. The Hall–Kier alpha value is -3.11. The lowest BCUT2D eigenvalue weighted by Crippen LogP contribution is -2.11. The smallest absolute Gasteiger partial charge is 0.291 e. The molecule has 1 amide bonds. The van der Waals surface area contributed by atoms with Gasteiger partial charge in [0, 0.05) is 21.3 Å². The summed E-state index contributed by atoms with van der Waals surface area (Å²) < 4.78 is 6.76. The van der Waals surface area contributed by atoms with E-state index in [1.54, 1.807) is 12.1 Å². The average molecular weight is 418 g/mol. The van der Waals surface area contributed by atoms with E-state index in [0.717, 1.165) is 26.9 Å². The standard InChI is InChI=1S/C23H16BrNO2/c24-18-12-10-17(11-13-18)21-14-15-22(27-21)23(26)25-20-9-5-4-8-19(20)16-6-2-1-3-7-16/h1-15H,(H,25,26). The molecule has 0 radical (unpaired) electrons. The Labute approximate surface area is 165 Å². The highest BCUT2D eigenvalue weighted by atomic mass is 79.9. The van der Waals surface area contributed by atoms with Gasteiger partial charge >= 0.3 is 0 Å². The van der Waals surface area contributed by atoms with Crippen molar-refractivity contribution in [2.24, 2.45) is 0 Å². The first-order chi connectivity index (χ1) is 13.2. The fraction of sp³-hybridized carbons (Fsp3) is 0. The highest BCUT2D eigenvalue weighted by molar-refractivity contribution is 9.10. The molecular weight excluding hydrogens is 402 g/mol. The highest BCUT2D eigenvalue weighted by Gasteiger charge is 2.14. The van der Waals surface area contributed by atoms with E-state index in [1.165, 1.54) is 0 Å². The zero-order valence-electron chi connectivity index (χ0n) is 14.4. The topological polar surface area (TPSA) is 42.2 Å². The van der Waals surface area contributed by atoms with Gasteiger partial charge in [0.25, 0.3) is 5.91 Å². The van der Waals surface area contributed by atoms with Crippen molar-refractivity contribution in [3.05, 3.63) is 101 Å². The summed E-state index contributed by atoms with van der Waals surface area (Å²) in [5, 5.41) is 2.96. The number of carbonyl (C=O) groups excluding carboxylic acids is 1. The van der Waals surface area contributed by atoms with Crippen molar-refractivity contribution in [1.82, 2.24) is 0 Å². The summed E-state index contributed by atoms with van der Waals surface area (Å²) in [6, 6.07) is 28.9. The maximum atomic E-state index is 12.7. The third-order valence-corrected chi connectivity index (χ3v) is 4.75.